The van der Waals surface area contributed by atoms with Crippen molar-refractivity contribution in [2.45, 2.75) is 57.4 Å². The number of methoxy groups -OCH3 is 1. The summed E-state index contributed by atoms with van der Waals surface area (Å²) in [5.74, 6) is 1.42. The number of hydrogen-bond donors (Lipinski definition) is 3. The Bertz CT molecular complexity index is 1420. The van der Waals surface area contributed by atoms with E-state index in [9.17, 15) is 9.18 Å². The fourth-order valence-electron chi connectivity index (χ4n) is 6.61. The van der Waals surface area contributed by atoms with Gasteiger partial charge in [-0.3, -0.25) is 0 Å². The molecule has 2 fully saturated rings. The summed E-state index contributed by atoms with van der Waals surface area (Å²) in [6, 6.07) is 13.3. The number of alkyl halides is 1. The SMILES string of the molecule is CNc1cccc(CNc2nc(Nc3ccc(N4CCC(N5CCC(N(C)C)CC5)CC4)cc3OC)ncc2CF)c1CC=O. The van der Waals surface area contributed by atoms with E-state index in [4.69, 9.17) is 4.74 Å². The molecule has 2 saturated heterocycles. The van der Waals surface area contributed by atoms with Crippen LogP contribution in [0.15, 0.2) is 42.6 Å². The Labute approximate surface area is 266 Å². The summed E-state index contributed by atoms with van der Waals surface area (Å²) in [6.07, 6.45) is 7.49. The zero-order valence-electron chi connectivity index (χ0n) is 27.0. The predicted octanol–water partition coefficient (Wildman–Crippen LogP) is 5.09. The van der Waals surface area contributed by atoms with Crippen molar-refractivity contribution in [1.82, 2.24) is 19.8 Å². The molecule has 5 rings (SSSR count). The van der Waals surface area contributed by atoms with Gasteiger partial charge in [0.1, 0.15) is 24.5 Å². The van der Waals surface area contributed by atoms with Crippen LogP contribution in [0, 0.1) is 0 Å². The lowest BCUT2D eigenvalue weighted by Crippen LogP contribution is -2.50. The number of rotatable bonds is 13. The molecule has 0 amide bonds. The van der Waals surface area contributed by atoms with E-state index in [0.717, 1.165) is 60.4 Å². The van der Waals surface area contributed by atoms with Crippen LogP contribution in [0.1, 0.15) is 42.4 Å². The molecular formula is C34H47FN8O2. The standard InChI is InChI=1S/C34H47FN8O2/c1-36-30-7-5-6-24(29(30)14-19-44)22-37-33-25(21-35)23-38-34(40-33)39-31-9-8-28(20-32(31)45-4)43-17-12-27(13-18-43)42-15-10-26(11-16-42)41(2)3/h5-9,19-20,23,26-27,36H,10-18,21-22H2,1-4H3,(H2,37,38,39,40). The molecule has 11 heteroatoms. The summed E-state index contributed by atoms with van der Waals surface area (Å²) in [5, 5.41) is 9.65. The summed E-state index contributed by atoms with van der Waals surface area (Å²) < 4.78 is 19.6. The average Bonchev–Trinajstić information content (AvgIpc) is 3.08. The minimum absolute atomic E-state index is 0.282. The van der Waals surface area contributed by atoms with Gasteiger partial charge in [-0.05, 0) is 82.2 Å². The fourth-order valence-corrected chi connectivity index (χ4v) is 6.61. The summed E-state index contributed by atoms with van der Waals surface area (Å²) in [4.78, 5) is 27.8. The Morgan fingerprint density at radius 1 is 1.04 bits per heavy atom. The maximum absolute atomic E-state index is 13.9. The maximum Gasteiger partial charge on any atom is 0.229 e. The number of carbonyl (C=O) groups is 1. The molecule has 3 N–H and O–H groups in total. The number of carbonyl (C=O) groups excluding carboxylic acids is 1. The fraction of sp³-hybridized carbons (Fsp3) is 0.500. The molecule has 0 aliphatic carbocycles. The summed E-state index contributed by atoms with van der Waals surface area (Å²) in [7, 11) is 7.87. The lowest BCUT2D eigenvalue weighted by atomic mass is 9.97. The van der Waals surface area contributed by atoms with Crippen molar-refractivity contribution in [3.8, 4) is 5.75 Å². The topological polar surface area (TPSA) is 97.9 Å². The number of anilines is 5. The molecule has 1 aromatic heterocycles. The zero-order valence-corrected chi connectivity index (χ0v) is 27.0. The molecule has 0 bridgehead atoms. The Kier molecular flexibility index (Phi) is 11.1. The van der Waals surface area contributed by atoms with Crippen LogP contribution in [0.4, 0.5) is 33.2 Å². The highest BCUT2D eigenvalue weighted by Crippen LogP contribution is 2.34. The smallest absolute Gasteiger partial charge is 0.229 e. The van der Waals surface area contributed by atoms with Crippen LogP contribution in [-0.2, 0) is 24.4 Å². The van der Waals surface area contributed by atoms with Gasteiger partial charge >= 0.3 is 0 Å². The van der Waals surface area contributed by atoms with Gasteiger partial charge in [-0.15, -0.1) is 0 Å². The molecule has 0 unspecified atom stereocenters. The van der Waals surface area contributed by atoms with Crippen LogP contribution in [0.3, 0.4) is 0 Å². The Morgan fingerprint density at radius 3 is 2.49 bits per heavy atom. The predicted molar refractivity (Wildman–Crippen MR) is 180 cm³/mol. The number of piperidine rings is 2. The van der Waals surface area contributed by atoms with Crippen LogP contribution in [0.25, 0.3) is 0 Å². The molecule has 10 nitrogen and oxygen atoms in total. The van der Waals surface area contributed by atoms with E-state index in [2.05, 4.69) is 66.8 Å². The van der Waals surface area contributed by atoms with Gasteiger partial charge in [0.2, 0.25) is 5.95 Å². The quantitative estimate of drug-likeness (QED) is 0.225. The number of benzene rings is 2. The molecule has 45 heavy (non-hydrogen) atoms. The Morgan fingerprint density at radius 2 is 1.82 bits per heavy atom. The number of ether oxygens (including phenoxy) is 1. The van der Waals surface area contributed by atoms with Gasteiger partial charge in [-0.25, -0.2) is 9.37 Å². The van der Waals surface area contributed by atoms with Gasteiger partial charge < -0.3 is 40.2 Å². The molecule has 2 aromatic carbocycles. The molecule has 0 radical (unpaired) electrons. The first-order valence-electron chi connectivity index (χ1n) is 15.9. The number of hydrogen-bond acceptors (Lipinski definition) is 10. The maximum atomic E-state index is 13.9. The van der Waals surface area contributed by atoms with E-state index in [1.165, 1.54) is 32.1 Å². The lowest BCUT2D eigenvalue weighted by molar-refractivity contribution is -0.107. The number of aromatic nitrogens is 2. The minimum atomic E-state index is -0.705. The Hall–Kier alpha value is -3.96. The molecule has 2 aliphatic rings. The third kappa shape index (κ3) is 7.83. The minimum Gasteiger partial charge on any atom is -0.494 e. The van der Waals surface area contributed by atoms with E-state index in [1.807, 2.05) is 31.3 Å². The molecule has 0 spiro atoms. The molecule has 3 heterocycles. The van der Waals surface area contributed by atoms with Gasteiger partial charge in [0.25, 0.3) is 0 Å². The van der Waals surface area contributed by atoms with E-state index < -0.39 is 6.67 Å². The van der Waals surface area contributed by atoms with Gasteiger partial charge in [-0.2, -0.15) is 4.98 Å². The number of nitrogens with one attached hydrogen (secondary N) is 3. The monoisotopic (exact) mass is 618 g/mol. The lowest BCUT2D eigenvalue weighted by Gasteiger charge is -2.43. The van der Waals surface area contributed by atoms with Crippen molar-refractivity contribution in [3.63, 3.8) is 0 Å². The molecule has 0 atom stereocenters. The largest absolute Gasteiger partial charge is 0.494 e. The molecular weight excluding hydrogens is 571 g/mol. The first-order chi connectivity index (χ1) is 21.9. The van der Waals surface area contributed by atoms with E-state index in [0.29, 0.717) is 41.7 Å². The number of aldehydes is 1. The van der Waals surface area contributed by atoms with Crippen molar-refractivity contribution < 1.29 is 13.9 Å². The highest BCUT2D eigenvalue weighted by Gasteiger charge is 2.29. The second-order valence-electron chi connectivity index (χ2n) is 12.1. The van der Waals surface area contributed by atoms with Crippen molar-refractivity contribution in [3.05, 3.63) is 59.3 Å². The first-order valence-corrected chi connectivity index (χ1v) is 15.9. The zero-order chi connectivity index (χ0) is 31.8. The summed E-state index contributed by atoms with van der Waals surface area (Å²) in [6.45, 7) is 4.09. The summed E-state index contributed by atoms with van der Waals surface area (Å²) >= 11 is 0. The number of halogens is 1. The molecule has 0 saturated carbocycles. The van der Waals surface area contributed by atoms with Crippen LogP contribution >= 0.6 is 0 Å². The number of nitrogens with zero attached hydrogens (tertiary/aromatic N) is 5. The van der Waals surface area contributed by atoms with Crippen LogP contribution < -0.4 is 25.6 Å². The van der Waals surface area contributed by atoms with E-state index in [-0.39, 0.29) is 6.42 Å². The van der Waals surface area contributed by atoms with Crippen molar-refractivity contribution in [2.24, 2.45) is 0 Å². The van der Waals surface area contributed by atoms with Crippen molar-refractivity contribution in [2.75, 3.05) is 75.3 Å². The van der Waals surface area contributed by atoms with E-state index in [1.54, 1.807) is 7.11 Å². The van der Waals surface area contributed by atoms with Gasteiger partial charge in [0.05, 0.1) is 12.8 Å². The Balaban J connectivity index is 1.23. The van der Waals surface area contributed by atoms with Crippen LogP contribution in [0.2, 0.25) is 0 Å². The third-order valence-corrected chi connectivity index (χ3v) is 9.29. The van der Waals surface area contributed by atoms with Gasteiger partial charge in [0.15, 0.2) is 0 Å². The third-order valence-electron chi connectivity index (χ3n) is 9.29. The molecule has 3 aromatic rings. The van der Waals surface area contributed by atoms with Crippen molar-refractivity contribution >= 4 is 35.1 Å². The van der Waals surface area contributed by atoms with Gasteiger partial charge in [0, 0.05) is 74.4 Å². The average molecular weight is 619 g/mol. The summed E-state index contributed by atoms with van der Waals surface area (Å²) in [5.41, 5.74) is 4.94. The second kappa shape index (κ2) is 15.4. The van der Waals surface area contributed by atoms with E-state index >= 15 is 0 Å². The normalized spacial score (nSPS) is 16.5. The van der Waals surface area contributed by atoms with Crippen molar-refractivity contribution in [1.29, 1.82) is 0 Å². The number of likely N-dealkylation sites (tertiary alicyclic amines) is 1. The van der Waals surface area contributed by atoms with Gasteiger partial charge in [-0.1, -0.05) is 12.1 Å². The molecule has 242 valence electrons. The first kappa shape index (κ1) is 32.4. The second-order valence-corrected chi connectivity index (χ2v) is 12.1. The van der Waals surface area contributed by atoms with Crippen LogP contribution in [0.5, 0.6) is 5.75 Å². The van der Waals surface area contributed by atoms with Crippen LogP contribution in [-0.4, -0.2) is 92.6 Å². The highest BCUT2D eigenvalue weighted by molar-refractivity contribution is 5.69. The highest BCUT2D eigenvalue weighted by atomic mass is 19.1. The molecule has 2 aliphatic heterocycles.